The maximum absolute atomic E-state index is 12.5. The van der Waals surface area contributed by atoms with Gasteiger partial charge in [0.2, 0.25) is 5.95 Å². The van der Waals surface area contributed by atoms with Crippen LogP contribution in [0.1, 0.15) is 32.9 Å². The molecule has 1 aromatic heterocycles. The van der Waals surface area contributed by atoms with Crippen molar-refractivity contribution in [3.8, 4) is 0 Å². The summed E-state index contributed by atoms with van der Waals surface area (Å²) in [7, 11) is 0. The van der Waals surface area contributed by atoms with Crippen molar-refractivity contribution in [3.05, 3.63) is 87.7 Å². The van der Waals surface area contributed by atoms with Gasteiger partial charge >= 0.3 is 0 Å². The Morgan fingerprint density at radius 1 is 0.963 bits per heavy atom. The fourth-order valence-electron chi connectivity index (χ4n) is 2.64. The van der Waals surface area contributed by atoms with Gasteiger partial charge in [0.15, 0.2) is 0 Å². The lowest BCUT2D eigenvalue weighted by Gasteiger charge is -2.09. The molecule has 1 amide bonds. The summed E-state index contributed by atoms with van der Waals surface area (Å²) in [5, 5.41) is 6.73. The molecule has 0 bridgehead atoms. The Balaban J connectivity index is 1.64. The molecular formula is C21H21ClN4O. The molecule has 3 aromatic rings. The molecule has 0 spiro atoms. The van der Waals surface area contributed by atoms with Crippen molar-refractivity contribution in [1.29, 1.82) is 0 Å². The Morgan fingerprint density at radius 2 is 1.74 bits per heavy atom. The lowest BCUT2D eigenvalue weighted by atomic mass is 10.1. The number of nitrogens with one attached hydrogen (secondary N) is 2. The van der Waals surface area contributed by atoms with Gasteiger partial charge in [-0.2, -0.15) is 0 Å². The van der Waals surface area contributed by atoms with Gasteiger partial charge in [-0.1, -0.05) is 53.6 Å². The number of anilines is 1. The van der Waals surface area contributed by atoms with E-state index in [1.807, 2.05) is 31.2 Å². The highest BCUT2D eigenvalue weighted by atomic mass is 35.5. The van der Waals surface area contributed by atoms with E-state index in [9.17, 15) is 4.79 Å². The van der Waals surface area contributed by atoms with E-state index in [-0.39, 0.29) is 5.91 Å². The Morgan fingerprint density at radius 3 is 2.48 bits per heavy atom. The lowest BCUT2D eigenvalue weighted by molar-refractivity contribution is 0.0945. The number of rotatable bonds is 6. The Bertz CT molecular complexity index is 941. The molecule has 0 aliphatic rings. The van der Waals surface area contributed by atoms with Gasteiger partial charge in [0.25, 0.3) is 5.91 Å². The molecular weight excluding hydrogens is 360 g/mol. The molecule has 0 atom stereocenters. The van der Waals surface area contributed by atoms with Crippen LogP contribution >= 0.6 is 11.6 Å². The van der Waals surface area contributed by atoms with Gasteiger partial charge in [0.1, 0.15) is 5.69 Å². The van der Waals surface area contributed by atoms with Crippen LogP contribution in [0.5, 0.6) is 0 Å². The molecule has 0 saturated carbocycles. The first-order valence-electron chi connectivity index (χ1n) is 8.67. The first-order valence-corrected chi connectivity index (χ1v) is 9.05. The summed E-state index contributed by atoms with van der Waals surface area (Å²) < 4.78 is 0. The molecule has 27 heavy (non-hydrogen) atoms. The van der Waals surface area contributed by atoms with Gasteiger partial charge in [-0.05, 0) is 43.2 Å². The molecule has 2 aromatic carbocycles. The summed E-state index contributed by atoms with van der Waals surface area (Å²) in [5.74, 6) is 0.196. The quantitative estimate of drug-likeness (QED) is 0.669. The van der Waals surface area contributed by atoms with E-state index in [0.29, 0.717) is 29.8 Å². The third-order valence-corrected chi connectivity index (χ3v) is 4.24. The Labute approximate surface area is 163 Å². The number of carbonyl (C=O) groups is 1. The van der Waals surface area contributed by atoms with Crippen LogP contribution in [0, 0.1) is 13.8 Å². The zero-order valence-electron chi connectivity index (χ0n) is 15.3. The highest BCUT2D eigenvalue weighted by molar-refractivity contribution is 6.30. The molecule has 0 unspecified atom stereocenters. The average molecular weight is 381 g/mol. The van der Waals surface area contributed by atoms with Gasteiger partial charge in [-0.3, -0.25) is 4.79 Å². The van der Waals surface area contributed by atoms with Gasteiger partial charge in [0, 0.05) is 23.8 Å². The predicted octanol–water partition coefficient (Wildman–Crippen LogP) is 4.29. The van der Waals surface area contributed by atoms with Crippen LogP contribution < -0.4 is 10.6 Å². The second kappa shape index (κ2) is 8.64. The summed E-state index contributed by atoms with van der Waals surface area (Å²) in [5.41, 5.74) is 4.36. The van der Waals surface area contributed by atoms with Crippen LogP contribution in [-0.2, 0) is 13.1 Å². The highest BCUT2D eigenvalue weighted by Gasteiger charge is 2.10. The zero-order chi connectivity index (χ0) is 19.2. The number of benzene rings is 2. The molecule has 138 valence electrons. The number of hydrogen-bond acceptors (Lipinski definition) is 4. The average Bonchev–Trinajstić information content (AvgIpc) is 2.65. The summed E-state index contributed by atoms with van der Waals surface area (Å²) in [4.78, 5) is 21.2. The number of carbonyl (C=O) groups excluding carboxylic acids is 1. The fourth-order valence-corrected chi connectivity index (χ4v) is 2.77. The van der Waals surface area contributed by atoms with Crippen molar-refractivity contribution in [2.45, 2.75) is 26.9 Å². The molecule has 0 saturated heterocycles. The normalized spacial score (nSPS) is 10.5. The smallest absolute Gasteiger partial charge is 0.270 e. The number of hydrogen-bond donors (Lipinski definition) is 2. The minimum Gasteiger partial charge on any atom is -0.350 e. The topological polar surface area (TPSA) is 66.9 Å². The van der Waals surface area contributed by atoms with Gasteiger partial charge in [-0.15, -0.1) is 0 Å². The van der Waals surface area contributed by atoms with Crippen molar-refractivity contribution in [2.24, 2.45) is 0 Å². The first kappa shape index (κ1) is 18.9. The highest BCUT2D eigenvalue weighted by Crippen LogP contribution is 2.11. The predicted molar refractivity (Wildman–Crippen MR) is 108 cm³/mol. The molecule has 0 fully saturated rings. The Kier molecular flexibility index (Phi) is 6.04. The van der Waals surface area contributed by atoms with Crippen LogP contribution in [0.2, 0.25) is 5.02 Å². The van der Waals surface area contributed by atoms with E-state index >= 15 is 0 Å². The number of aryl methyl sites for hydroxylation is 2. The molecule has 5 nitrogen and oxygen atoms in total. The van der Waals surface area contributed by atoms with Crippen LogP contribution in [0.4, 0.5) is 5.95 Å². The minimum atomic E-state index is -0.242. The third-order valence-electron chi connectivity index (χ3n) is 3.99. The maximum Gasteiger partial charge on any atom is 0.270 e. The largest absolute Gasteiger partial charge is 0.350 e. The number of nitrogens with zero attached hydrogens (tertiary/aromatic N) is 2. The lowest BCUT2D eigenvalue weighted by Crippen LogP contribution is -2.24. The molecule has 0 aliphatic heterocycles. The fraction of sp³-hybridized carbons (Fsp3) is 0.190. The van der Waals surface area contributed by atoms with E-state index < -0.39 is 0 Å². The monoisotopic (exact) mass is 380 g/mol. The zero-order valence-corrected chi connectivity index (χ0v) is 16.0. The van der Waals surface area contributed by atoms with Crippen LogP contribution in [-0.4, -0.2) is 15.9 Å². The molecule has 0 aliphatic carbocycles. The third kappa shape index (κ3) is 5.53. The molecule has 0 radical (unpaired) electrons. The van der Waals surface area contributed by atoms with E-state index in [1.54, 1.807) is 18.2 Å². The van der Waals surface area contributed by atoms with Gasteiger partial charge in [-0.25, -0.2) is 9.97 Å². The minimum absolute atomic E-state index is 0.242. The maximum atomic E-state index is 12.5. The van der Waals surface area contributed by atoms with Gasteiger partial charge in [0.05, 0.1) is 0 Å². The summed E-state index contributed by atoms with van der Waals surface area (Å²) in [6, 6.07) is 17.2. The van der Waals surface area contributed by atoms with Crippen molar-refractivity contribution in [2.75, 3.05) is 5.32 Å². The van der Waals surface area contributed by atoms with Crippen LogP contribution in [0.25, 0.3) is 0 Å². The molecule has 3 rings (SSSR count). The van der Waals surface area contributed by atoms with E-state index in [0.717, 1.165) is 16.8 Å². The Hall–Kier alpha value is -2.92. The summed E-state index contributed by atoms with van der Waals surface area (Å²) in [6.07, 6.45) is 0. The van der Waals surface area contributed by atoms with Crippen LogP contribution in [0.3, 0.4) is 0 Å². The standard InChI is InChI=1S/C21H21ClN4O/c1-14-4-3-5-17(10-14)13-24-21-25-15(2)11-19(26-21)20(27)23-12-16-6-8-18(22)9-7-16/h3-11H,12-13H2,1-2H3,(H,23,27)(H,24,25,26). The van der Waals surface area contributed by atoms with Gasteiger partial charge < -0.3 is 10.6 Å². The summed E-state index contributed by atoms with van der Waals surface area (Å²) in [6.45, 7) is 4.90. The molecule has 6 heteroatoms. The van der Waals surface area contributed by atoms with E-state index in [2.05, 4.69) is 39.7 Å². The second-order valence-corrected chi connectivity index (χ2v) is 6.81. The molecule has 1 heterocycles. The van der Waals surface area contributed by atoms with Crippen molar-refractivity contribution < 1.29 is 4.79 Å². The summed E-state index contributed by atoms with van der Waals surface area (Å²) >= 11 is 5.88. The van der Waals surface area contributed by atoms with Crippen molar-refractivity contribution in [1.82, 2.24) is 15.3 Å². The number of halogens is 1. The SMILES string of the molecule is Cc1cccc(CNc2nc(C)cc(C(=O)NCc3ccc(Cl)cc3)n2)c1. The van der Waals surface area contributed by atoms with Crippen molar-refractivity contribution in [3.63, 3.8) is 0 Å². The van der Waals surface area contributed by atoms with Crippen LogP contribution in [0.15, 0.2) is 54.6 Å². The number of aromatic nitrogens is 2. The molecule has 2 N–H and O–H groups in total. The van der Waals surface area contributed by atoms with E-state index in [1.165, 1.54) is 5.56 Å². The first-order chi connectivity index (χ1) is 13.0. The number of amides is 1. The van der Waals surface area contributed by atoms with Crippen molar-refractivity contribution >= 4 is 23.5 Å². The van der Waals surface area contributed by atoms with E-state index in [4.69, 9.17) is 11.6 Å². The second-order valence-electron chi connectivity index (χ2n) is 6.37.